The van der Waals surface area contributed by atoms with Crippen LogP contribution in [-0.4, -0.2) is 26.6 Å². The van der Waals surface area contributed by atoms with Gasteiger partial charge >= 0.3 is 0 Å². The summed E-state index contributed by atoms with van der Waals surface area (Å²) >= 11 is 0. The van der Waals surface area contributed by atoms with Crippen molar-refractivity contribution in [2.45, 2.75) is 39.3 Å². The minimum atomic E-state index is 0.295. The molecule has 0 aliphatic carbocycles. The van der Waals surface area contributed by atoms with Crippen LogP contribution >= 0.6 is 0 Å². The molecule has 1 fully saturated rings. The topological polar surface area (TPSA) is 55.1 Å². The molecule has 2 aromatic heterocycles. The van der Waals surface area contributed by atoms with E-state index in [0.717, 1.165) is 53.4 Å². The van der Waals surface area contributed by atoms with Crippen LogP contribution < -0.4 is 0 Å². The Bertz CT molecular complexity index is 842. The van der Waals surface area contributed by atoms with Crippen LogP contribution in [0.3, 0.4) is 0 Å². The molecule has 0 N–H and O–H groups in total. The second kappa shape index (κ2) is 5.74. The molecule has 1 atom stereocenters. The number of para-hydroxylation sites is 2. The maximum Gasteiger partial charge on any atom is 0.154 e. The summed E-state index contributed by atoms with van der Waals surface area (Å²) in [5.41, 5.74) is 4.90. The number of aromatic nitrogens is 3. The predicted octanol–water partition coefficient (Wildman–Crippen LogP) is 3.57. The molecule has 0 saturated carbocycles. The third kappa shape index (κ3) is 2.72. The van der Waals surface area contributed by atoms with E-state index < -0.39 is 0 Å². The molecule has 0 amide bonds. The lowest BCUT2D eigenvalue weighted by Crippen LogP contribution is -2.23. The van der Waals surface area contributed by atoms with Gasteiger partial charge in [0.1, 0.15) is 0 Å². The van der Waals surface area contributed by atoms with Gasteiger partial charge in [-0.05, 0) is 45.4 Å². The van der Waals surface area contributed by atoms with Gasteiger partial charge in [-0.1, -0.05) is 17.3 Å². The molecule has 118 valence electrons. The number of hydrogen-bond acceptors (Lipinski definition) is 5. The Labute approximate surface area is 135 Å². The molecule has 0 unspecified atom stereocenters. The smallest absolute Gasteiger partial charge is 0.154 e. The molecule has 23 heavy (non-hydrogen) atoms. The van der Waals surface area contributed by atoms with Crippen molar-refractivity contribution < 1.29 is 4.52 Å². The highest BCUT2D eigenvalue weighted by Crippen LogP contribution is 2.33. The molecule has 0 radical (unpaired) electrons. The van der Waals surface area contributed by atoms with Gasteiger partial charge in [-0.2, -0.15) is 0 Å². The van der Waals surface area contributed by atoms with Crippen molar-refractivity contribution >= 4 is 11.0 Å². The Hall–Kier alpha value is -2.27. The standard InChI is InChI=1S/C18H20N4O/c1-12-10-18(23-21-12)17-8-5-9-22(17)11-16-13(2)19-14-6-3-4-7-15(14)20-16/h3-4,6-7,10,17H,5,8-9,11H2,1-2H3/t17-/m0/s1. The van der Waals surface area contributed by atoms with Crippen molar-refractivity contribution in [2.75, 3.05) is 6.54 Å². The average Bonchev–Trinajstić information content (AvgIpc) is 3.16. The molecule has 4 rings (SSSR count). The van der Waals surface area contributed by atoms with Gasteiger partial charge in [-0.15, -0.1) is 0 Å². The van der Waals surface area contributed by atoms with Crippen LogP contribution in [0.5, 0.6) is 0 Å². The normalized spacial score (nSPS) is 18.8. The lowest BCUT2D eigenvalue weighted by atomic mass is 10.1. The van der Waals surface area contributed by atoms with Crippen molar-refractivity contribution in [3.8, 4) is 0 Å². The fourth-order valence-electron chi connectivity index (χ4n) is 3.34. The number of hydrogen-bond donors (Lipinski definition) is 0. The Balaban J connectivity index is 1.63. The molecule has 0 spiro atoms. The van der Waals surface area contributed by atoms with Crippen molar-refractivity contribution in [1.29, 1.82) is 0 Å². The molecule has 0 bridgehead atoms. The van der Waals surface area contributed by atoms with Gasteiger partial charge in [0.2, 0.25) is 0 Å². The average molecular weight is 308 g/mol. The van der Waals surface area contributed by atoms with Crippen LogP contribution in [0.4, 0.5) is 0 Å². The largest absolute Gasteiger partial charge is 0.359 e. The number of aryl methyl sites for hydroxylation is 2. The fourth-order valence-corrected chi connectivity index (χ4v) is 3.34. The summed E-state index contributed by atoms with van der Waals surface area (Å²) in [4.78, 5) is 11.9. The van der Waals surface area contributed by atoms with E-state index in [9.17, 15) is 0 Å². The van der Waals surface area contributed by atoms with E-state index in [2.05, 4.69) is 10.1 Å². The number of benzene rings is 1. The van der Waals surface area contributed by atoms with Crippen LogP contribution in [-0.2, 0) is 6.54 Å². The summed E-state index contributed by atoms with van der Waals surface area (Å²) < 4.78 is 5.49. The molecule has 1 saturated heterocycles. The number of fused-ring (bicyclic) bond motifs is 1. The highest BCUT2D eigenvalue weighted by atomic mass is 16.5. The lowest BCUT2D eigenvalue weighted by Gasteiger charge is -2.22. The zero-order chi connectivity index (χ0) is 15.8. The molecule has 1 aromatic carbocycles. The van der Waals surface area contributed by atoms with E-state index in [-0.39, 0.29) is 0 Å². The first-order valence-corrected chi connectivity index (χ1v) is 8.10. The van der Waals surface area contributed by atoms with Crippen LogP contribution in [0.1, 0.15) is 41.7 Å². The van der Waals surface area contributed by atoms with Gasteiger partial charge in [0.05, 0.1) is 34.2 Å². The second-order valence-corrected chi connectivity index (χ2v) is 6.24. The first-order valence-electron chi connectivity index (χ1n) is 8.10. The van der Waals surface area contributed by atoms with Crippen LogP contribution in [0.2, 0.25) is 0 Å². The van der Waals surface area contributed by atoms with E-state index >= 15 is 0 Å². The summed E-state index contributed by atoms with van der Waals surface area (Å²) in [7, 11) is 0. The summed E-state index contributed by atoms with van der Waals surface area (Å²) in [6, 6.07) is 10.4. The summed E-state index contributed by atoms with van der Waals surface area (Å²) in [5, 5.41) is 4.03. The SMILES string of the molecule is Cc1cc([C@@H]2CCCN2Cc2nc3ccccc3nc2C)on1. The maximum absolute atomic E-state index is 5.49. The molecule has 5 heteroatoms. The Morgan fingerprint density at radius 1 is 1.17 bits per heavy atom. The third-order valence-corrected chi connectivity index (χ3v) is 4.53. The highest BCUT2D eigenvalue weighted by molar-refractivity contribution is 5.74. The predicted molar refractivity (Wildman–Crippen MR) is 87.9 cm³/mol. The van der Waals surface area contributed by atoms with Gasteiger partial charge in [-0.3, -0.25) is 4.90 Å². The van der Waals surface area contributed by atoms with Crippen molar-refractivity contribution in [3.63, 3.8) is 0 Å². The quantitative estimate of drug-likeness (QED) is 0.740. The number of rotatable bonds is 3. The number of likely N-dealkylation sites (tertiary alicyclic amines) is 1. The van der Waals surface area contributed by atoms with Crippen molar-refractivity contribution in [1.82, 2.24) is 20.0 Å². The first-order chi connectivity index (χ1) is 11.2. The molecular weight excluding hydrogens is 288 g/mol. The van der Waals surface area contributed by atoms with Gasteiger partial charge in [-0.25, -0.2) is 9.97 Å². The monoisotopic (exact) mass is 308 g/mol. The maximum atomic E-state index is 5.49. The van der Waals surface area contributed by atoms with Gasteiger partial charge in [0.15, 0.2) is 5.76 Å². The summed E-state index contributed by atoms with van der Waals surface area (Å²) in [5.74, 6) is 0.964. The van der Waals surface area contributed by atoms with Gasteiger partial charge < -0.3 is 4.52 Å². The van der Waals surface area contributed by atoms with Crippen LogP contribution in [0.15, 0.2) is 34.9 Å². The first kappa shape index (κ1) is 14.3. The second-order valence-electron chi connectivity index (χ2n) is 6.24. The van der Waals surface area contributed by atoms with E-state index in [1.807, 2.05) is 44.2 Å². The minimum Gasteiger partial charge on any atom is -0.359 e. The van der Waals surface area contributed by atoms with E-state index in [4.69, 9.17) is 14.5 Å². The Morgan fingerprint density at radius 3 is 2.70 bits per heavy atom. The van der Waals surface area contributed by atoms with E-state index in [1.54, 1.807) is 0 Å². The third-order valence-electron chi connectivity index (χ3n) is 4.53. The molecule has 1 aliphatic rings. The van der Waals surface area contributed by atoms with E-state index in [1.165, 1.54) is 6.42 Å². The molecular formula is C18H20N4O. The van der Waals surface area contributed by atoms with Crippen LogP contribution in [0.25, 0.3) is 11.0 Å². The van der Waals surface area contributed by atoms with E-state index in [0.29, 0.717) is 6.04 Å². The minimum absolute atomic E-state index is 0.295. The molecule has 3 aromatic rings. The zero-order valence-electron chi connectivity index (χ0n) is 13.5. The Kier molecular flexibility index (Phi) is 3.58. The highest BCUT2D eigenvalue weighted by Gasteiger charge is 2.29. The Morgan fingerprint density at radius 2 is 1.96 bits per heavy atom. The van der Waals surface area contributed by atoms with Crippen molar-refractivity contribution in [2.24, 2.45) is 0 Å². The van der Waals surface area contributed by atoms with Crippen molar-refractivity contribution in [3.05, 3.63) is 53.2 Å². The molecule has 5 nitrogen and oxygen atoms in total. The van der Waals surface area contributed by atoms with Gasteiger partial charge in [0.25, 0.3) is 0 Å². The molecule has 1 aliphatic heterocycles. The summed E-state index contributed by atoms with van der Waals surface area (Å²) in [6.45, 7) is 5.86. The molecule has 3 heterocycles. The lowest BCUT2D eigenvalue weighted by molar-refractivity contribution is 0.204. The zero-order valence-corrected chi connectivity index (χ0v) is 13.5. The number of nitrogens with zero attached hydrogens (tertiary/aromatic N) is 4. The van der Waals surface area contributed by atoms with Gasteiger partial charge in [0, 0.05) is 12.6 Å². The summed E-state index contributed by atoms with van der Waals surface area (Å²) in [6.07, 6.45) is 2.28. The van der Waals surface area contributed by atoms with Crippen LogP contribution in [0, 0.1) is 13.8 Å². The fraction of sp³-hybridized carbons (Fsp3) is 0.389.